The van der Waals surface area contributed by atoms with Crippen molar-refractivity contribution in [1.82, 2.24) is 24.6 Å². The number of anilines is 4. The van der Waals surface area contributed by atoms with Gasteiger partial charge in [-0.3, -0.25) is 9.48 Å². The molecule has 0 aliphatic carbocycles. The monoisotopic (exact) mass is 512 g/mol. The van der Waals surface area contributed by atoms with Crippen molar-refractivity contribution in [3.63, 3.8) is 0 Å². The second kappa shape index (κ2) is 10.5. The molecular formula is C28H32N8O2. The Morgan fingerprint density at radius 3 is 2.76 bits per heavy atom. The van der Waals surface area contributed by atoms with Gasteiger partial charge in [-0.05, 0) is 44.3 Å². The van der Waals surface area contributed by atoms with Crippen LogP contribution in [-0.2, 0) is 11.8 Å². The van der Waals surface area contributed by atoms with Crippen molar-refractivity contribution >= 4 is 39.7 Å². The molecule has 4 aromatic rings. The zero-order chi connectivity index (χ0) is 26.8. The second-order valence-electron chi connectivity index (χ2n) is 9.53. The number of nitrogens with zero attached hydrogens (tertiary/aromatic N) is 6. The molecule has 1 atom stereocenters. The number of aromatic nitrogens is 4. The molecule has 0 bridgehead atoms. The van der Waals surface area contributed by atoms with Crippen molar-refractivity contribution in [3.05, 3.63) is 61.6 Å². The number of likely N-dealkylation sites (tertiary alicyclic amines) is 1. The maximum Gasteiger partial charge on any atom is 0.247 e. The highest BCUT2D eigenvalue weighted by atomic mass is 16.5. The Balaban J connectivity index is 1.48. The molecular weight excluding hydrogens is 480 g/mol. The van der Waals surface area contributed by atoms with Crippen molar-refractivity contribution < 1.29 is 9.53 Å². The van der Waals surface area contributed by atoms with Crippen molar-refractivity contribution in [1.29, 1.82) is 0 Å². The summed E-state index contributed by atoms with van der Waals surface area (Å²) in [5, 5.41) is 11.7. The molecule has 1 saturated heterocycles. The molecule has 2 aromatic heterocycles. The molecule has 38 heavy (non-hydrogen) atoms. The average molecular weight is 513 g/mol. The molecule has 0 spiro atoms. The highest BCUT2D eigenvalue weighted by molar-refractivity contribution is 6.02. The summed E-state index contributed by atoms with van der Waals surface area (Å²) in [7, 11) is 7.71. The van der Waals surface area contributed by atoms with Crippen molar-refractivity contribution in [3.8, 4) is 17.0 Å². The van der Waals surface area contributed by atoms with Crippen LogP contribution in [0.25, 0.3) is 22.2 Å². The van der Waals surface area contributed by atoms with E-state index < -0.39 is 0 Å². The first-order chi connectivity index (χ1) is 18.4. The van der Waals surface area contributed by atoms with Crippen LogP contribution in [0.1, 0.15) is 6.42 Å². The number of likely N-dealkylation sites (N-methyl/N-ethyl adjacent to an activating group) is 2. The van der Waals surface area contributed by atoms with Crippen LogP contribution >= 0.6 is 0 Å². The number of hydrogen-bond acceptors (Lipinski definition) is 8. The van der Waals surface area contributed by atoms with Gasteiger partial charge in [-0.15, -0.1) is 0 Å². The van der Waals surface area contributed by atoms with Gasteiger partial charge in [-0.25, -0.2) is 9.97 Å². The number of carbonyl (C=O) groups excluding carboxylic acids is 1. The smallest absolute Gasteiger partial charge is 0.247 e. The fourth-order valence-corrected chi connectivity index (χ4v) is 4.88. The Kier molecular flexibility index (Phi) is 6.97. The van der Waals surface area contributed by atoms with E-state index in [-0.39, 0.29) is 5.91 Å². The first kappa shape index (κ1) is 25.2. The van der Waals surface area contributed by atoms with Crippen LogP contribution in [0, 0.1) is 0 Å². The standard InChI is InChI=1S/C28H32N8O2/c1-6-28(37)33-22-12-23(26(38-5)14-25(22)35(3)20-9-10-34(2)16-20)32-27-13-21(29-17-30-27)18-7-8-24-19(11-18)15-31-36(24)4/h6-8,11-15,17,20H,1,9-10,16H2,2-5H3,(H,33,37)(H,29,30,32)/t20-/m1/s1. The summed E-state index contributed by atoms with van der Waals surface area (Å²) in [6.07, 6.45) is 5.67. The minimum absolute atomic E-state index is 0.283. The summed E-state index contributed by atoms with van der Waals surface area (Å²) < 4.78 is 7.60. The number of nitrogens with one attached hydrogen (secondary N) is 2. The number of benzene rings is 2. The third-order valence-electron chi connectivity index (χ3n) is 7.03. The first-order valence-electron chi connectivity index (χ1n) is 12.4. The normalized spacial score (nSPS) is 15.4. The van der Waals surface area contributed by atoms with E-state index in [0.717, 1.165) is 47.4 Å². The average Bonchev–Trinajstić information content (AvgIpc) is 3.53. The SMILES string of the molecule is C=CC(=O)Nc1cc(Nc2cc(-c3ccc4c(cnn4C)c3)ncn2)c(OC)cc1N(C)[C@@H]1CCN(C)C1. The minimum Gasteiger partial charge on any atom is -0.494 e. The number of hydrogen-bond donors (Lipinski definition) is 2. The lowest BCUT2D eigenvalue weighted by Crippen LogP contribution is -2.34. The summed E-state index contributed by atoms with van der Waals surface area (Å²) in [5.41, 5.74) is 4.98. The van der Waals surface area contributed by atoms with Crippen LogP contribution in [0.5, 0.6) is 5.75 Å². The molecule has 10 nitrogen and oxygen atoms in total. The predicted octanol–water partition coefficient (Wildman–Crippen LogP) is 4.05. The maximum absolute atomic E-state index is 12.3. The van der Waals surface area contributed by atoms with Gasteiger partial charge in [0.2, 0.25) is 5.91 Å². The molecule has 2 aromatic carbocycles. The van der Waals surface area contributed by atoms with E-state index in [1.54, 1.807) is 7.11 Å². The van der Waals surface area contributed by atoms with Crippen molar-refractivity contribution in [2.24, 2.45) is 7.05 Å². The maximum atomic E-state index is 12.3. The van der Waals surface area contributed by atoms with Gasteiger partial charge in [-0.2, -0.15) is 5.10 Å². The number of ether oxygens (including phenoxy) is 1. The molecule has 1 amide bonds. The summed E-state index contributed by atoms with van der Waals surface area (Å²) in [5.74, 6) is 0.945. The molecule has 0 unspecified atom stereocenters. The van der Waals surface area contributed by atoms with Crippen LogP contribution in [0.15, 0.2) is 61.6 Å². The molecule has 0 radical (unpaired) electrons. The zero-order valence-electron chi connectivity index (χ0n) is 22.1. The third kappa shape index (κ3) is 5.03. The van der Waals surface area contributed by atoms with Crippen LogP contribution in [-0.4, -0.2) is 70.9 Å². The molecule has 1 fully saturated rings. The van der Waals surface area contributed by atoms with Gasteiger partial charge in [0.25, 0.3) is 0 Å². The molecule has 1 aliphatic heterocycles. The lowest BCUT2D eigenvalue weighted by molar-refractivity contribution is -0.111. The molecule has 3 heterocycles. The topological polar surface area (TPSA) is 100 Å². The van der Waals surface area contributed by atoms with E-state index in [9.17, 15) is 4.79 Å². The highest BCUT2D eigenvalue weighted by Gasteiger charge is 2.26. The summed E-state index contributed by atoms with van der Waals surface area (Å²) >= 11 is 0. The zero-order valence-corrected chi connectivity index (χ0v) is 22.1. The number of amides is 1. The van der Waals surface area contributed by atoms with Gasteiger partial charge in [0.1, 0.15) is 17.9 Å². The Hall–Kier alpha value is -4.44. The van der Waals surface area contributed by atoms with E-state index in [0.29, 0.717) is 29.0 Å². The summed E-state index contributed by atoms with van der Waals surface area (Å²) in [6.45, 7) is 5.58. The molecule has 1 aliphatic rings. The molecule has 5 rings (SSSR count). The van der Waals surface area contributed by atoms with Gasteiger partial charge >= 0.3 is 0 Å². The number of fused-ring (bicyclic) bond motifs is 1. The van der Waals surface area contributed by atoms with Crippen molar-refractivity contribution in [2.45, 2.75) is 12.5 Å². The fraction of sp³-hybridized carbons (Fsp3) is 0.286. The van der Waals surface area contributed by atoms with Crippen LogP contribution in [0.3, 0.4) is 0 Å². The lowest BCUT2D eigenvalue weighted by atomic mass is 10.1. The van der Waals surface area contributed by atoms with Crippen molar-refractivity contribution in [2.75, 3.05) is 49.8 Å². The molecule has 2 N–H and O–H groups in total. The second-order valence-corrected chi connectivity index (χ2v) is 9.53. The first-order valence-corrected chi connectivity index (χ1v) is 12.4. The Bertz CT molecular complexity index is 1500. The Labute approximate surface area is 221 Å². The summed E-state index contributed by atoms with van der Waals surface area (Å²) in [6, 6.07) is 12.1. The Morgan fingerprint density at radius 2 is 2.03 bits per heavy atom. The van der Waals surface area contributed by atoms with E-state index in [1.165, 1.54) is 12.4 Å². The molecule has 10 heteroatoms. The fourth-order valence-electron chi connectivity index (χ4n) is 4.88. The Morgan fingerprint density at radius 1 is 1.18 bits per heavy atom. The highest BCUT2D eigenvalue weighted by Crippen LogP contribution is 2.39. The largest absolute Gasteiger partial charge is 0.494 e. The van der Waals surface area contributed by atoms with Crippen LogP contribution in [0.4, 0.5) is 22.9 Å². The molecule has 0 saturated carbocycles. The van der Waals surface area contributed by atoms with Gasteiger partial charge in [0, 0.05) is 49.8 Å². The lowest BCUT2D eigenvalue weighted by Gasteiger charge is -2.29. The van der Waals surface area contributed by atoms with E-state index in [4.69, 9.17) is 4.74 Å². The van der Waals surface area contributed by atoms with E-state index in [2.05, 4.69) is 55.2 Å². The third-order valence-corrected chi connectivity index (χ3v) is 7.03. The minimum atomic E-state index is -0.283. The van der Waals surface area contributed by atoms with E-state index in [1.807, 2.05) is 55.3 Å². The predicted molar refractivity (Wildman–Crippen MR) is 151 cm³/mol. The molecule has 196 valence electrons. The number of aryl methyl sites for hydroxylation is 1. The van der Waals surface area contributed by atoms with Crippen LogP contribution < -0.4 is 20.3 Å². The number of methoxy groups -OCH3 is 1. The van der Waals surface area contributed by atoms with E-state index >= 15 is 0 Å². The van der Waals surface area contributed by atoms with Gasteiger partial charge in [0.15, 0.2) is 0 Å². The van der Waals surface area contributed by atoms with Gasteiger partial charge in [-0.1, -0.05) is 12.6 Å². The summed E-state index contributed by atoms with van der Waals surface area (Å²) in [4.78, 5) is 25.7. The number of carbonyl (C=O) groups is 1. The van der Waals surface area contributed by atoms with Crippen LogP contribution in [0.2, 0.25) is 0 Å². The number of rotatable bonds is 8. The van der Waals surface area contributed by atoms with Gasteiger partial charge in [0.05, 0.1) is 41.6 Å². The van der Waals surface area contributed by atoms with Gasteiger partial charge < -0.3 is 25.2 Å². The quantitative estimate of drug-likeness (QED) is 0.341.